The number of ether oxygens (including phenoxy) is 1. The fourth-order valence-corrected chi connectivity index (χ4v) is 2.35. The first kappa shape index (κ1) is 15.2. The maximum atomic E-state index is 13.5. The summed E-state index contributed by atoms with van der Waals surface area (Å²) in [7, 11) is 0. The van der Waals surface area contributed by atoms with Crippen molar-refractivity contribution >= 4 is 6.09 Å². The van der Waals surface area contributed by atoms with Crippen molar-refractivity contribution in [1.82, 2.24) is 5.32 Å². The summed E-state index contributed by atoms with van der Waals surface area (Å²) in [5.41, 5.74) is 4.84. The van der Waals surface area contributed by atoms with Gasteiger partial charge in [-0.2, -0.15) is 0 Å². The molecule has 0 saturated heterocycles. The van der Waals surface area contributed by atoms with E-state index < -0.39 is 17.9 Å². The van der Waals surface area contributed by atoms with Crippen molar-refractivity contribution in [2.75, 3.05) is 6.54 Å². The highest BCUT2D eigenvalue weighted by molar-refractivity contribution is 5.68. The second-order valence-corrected chi connectivity index (χ2v) is 6.02. The fraction of sp³-hybridized carbons (Fsp3) is 0.923. The second kappa shape index (κ2) is 6.36. The molecule has 0 aromatic carbocycles. The van der Waals surface area contributed by atoms with E-state index in [9.17, 15) is 9.18 Å². The van der Waals surface area contributed by atoms with Gasteiger partial charge in [0.1, 0.15) is 11.8 Å². The topological polar surface area (TPSA) is 64.3 Å². The van der Waals surface area contributed by atoms with E-state index in [1.54, 1.807) is 0 Å². The van der Waals surface area contributed by atoms with Crippen LogP contribution >= 0.6 is 0 Å². The lowest BCUT2D eigenvalue weighted by atomic mass is 9.83. The maximum Gasteiger partial charge on any atom is 0.407 e. The lowest BCUT2D eigenvalue weighted by Crippen LogP contribution is -2.43. The van der Waals surface area contributed by atoms with E-state index in [4.69, 9.17) is 10.5 Å². The van der Waals surface area contributed by atoms with Gasteiger partial charge in [-0.1, -0.05) is 6.42 Å². The normalized spacial score (nSPS) is 26.5. The predicted octanol–water partition coefficient (Wildman–Crippen LogP) is 2.37. The molecule has 0 heterocycles. The van der Waals surface area contributed by atoms with E-state index in [2.05, 4.69) is 5.32 Å². The summed E-state index contributed by atoms with van der Waals surface area (Å²) >= 11 is 0. The maximum absolute atomic E-state index is 13.5. The molecule has 1 fully saturated rings. The Morgan fingerprint density at radius 1 is 1.50 bits per heavy atom. The van der Waals surface area contributed by atoms with Gasteiger partial charge in [-0.3, -0.25) is 0 Å². The summed E-state index contributed by atoms with van der Waals surface area (Å²) in [5.74, 6) is -0.0383. The standard InChI is InChI=1S/C13H25FN2O2/c1-13(2,3)18-12(17)16-10-6-4-5-9(7-10)11(14)8-15/h9-11H,4-8,15H2,1-3H3,(H,16,17)/t9?,10-,11?/m1/s1. The van der Waals surface area contributed by atoms with Gasteiger partial charge in [0.2, 0.25) is 0 Å². The molecule has 0 aromatic heterocycles. The van der Waals surface area contributed by atoms with Crippen LogP contribution in [0.4, 0.5) is 9.18 Å². The zero-order valence-electron chi connectivity index (χ0n) is 11.5. The van der Waals surface area contributed by atoms with Crippen molar-refractivity contribution < 1.29 is 13.9 Å². The highest BCUT2D eigenvalue weighted by Gasteiger charge is 2.29. The average molecular weight is 260 g/mol. The first-order valence-corrected chi connectivity index (χ1v) is 6.65. The van der Waals surface area contributed by atoms with E-state index in [1.807, 2.05) is 20.8 Å². The summed E-state index contributed by atoms with van der Waals surface area (Å²) in [6.07, 6.45) is 1.92. The number of rotatable bonds is 3. The number of nitrogens with one attached hydrogen (secondary N) is 1. The van der Waals surface area contributed by atoms with Crippen LogP contribution in [0.5, 0.6) is 0 Å². The number of amides is 1. The molecule has 18 heavy (non-hydrogen) atoms. The van der Waals surface area contributed by atoms with Crippen LogP contribution in [0.2, 0.25) is 0 Å². The molecule has 0 aromatic rings. The molecule has 0 bridgehead atoms. The molecule has 106 valence electrons. The first-order chi connectivity index (χ1) is 8.31. The number of hydrogen-bond acceptors (Lipinski definition) is 3. The third kappa shape index (κ3) is 5.21. The van der Waals surface area contributed by atoms with Crippen LogP contribution in [0.25, 0.3) is 0 Å². The molecular weight excluding hydrogens is 235 g/mol. The van der Waals surface area contributed by atoms with Crippen LogP contribution in [0.15, 0.2) is 0 Å². The molecule has 1 amide bonds. The van der Waals surface area contributed by atoms with Crippen LogP contribution in [-0.2, 0) is 4.74 Å². The number of alkyl carbamates (subject to hydrolysis) is 1. The first-order valence-electron chi connectivity index (χ1n) is 6.65. The minimum Gasteiger partial charge on any atom is -0.444 e. The highest BCUT2D eigenvalue weighted by Crippen LogP contribution is 2.28. The molecule has 1 rings (SSSR count). The number of carbonyl (C=O) groups excluding carboxylic acids is 1. The minimum atomic E-state index is -0.965. The van der Waals surface area contributed by atoms with Gasteiger partial charge >= 0.3 is 6.09 Å². The third-order valence-corrected chi connectivity index (χ3v) is 3.17. The molecule has 0 spiro atoms. The molecule has 2 unspecified atom stereocenters. The molecule has 1 saturated carbocycles. The van der Waals surface area contributed by atoms with E-state index in [-0.39, 0.29) is 18.5 Å². The van der Waals surface area contributed by atoms with Crippen LogP contribution in [0, 0.1) is 5.92 Å². The lowest BCUT2D eigenvalue weighted by Gasteiger charge is -2.31. The Balaban J connectivity index is 2.40. The Kier molecular flexibility index (Phi) is 5.38. The zero-order chi connectivity index (χ0) is 13.8. The van der Waals surface area contributed by atoms with E-state index >= 15 is 0 Å². The van der Waals surface area contributed by atoms with E-state index in [0.717, 1.165) is 19.3 Å². The summed E-state index contributed by atoms with van der Waals surface area (Å²) in [6, 6.07) is 0.00315. The van der Waals surface area contributed by atoms with Crippen molar-refractivity contribution in [1.29, 1.82) is 0 Å². The van der Waals surface area contributed by atoms with Gasteiger partial charge in [-0.15, -0.1) is 0 Å². The van der Waals surface area contributed by atoms with Crippen molar-refractivity contribution in [3.05, 3.63) is 0 Å². The van der Waals surface area contributed by atoms with Gasteiger partial charge < -0.3 is 15.8 Å². The Morgan fingerprint density at radius 2 is 2.17 bits per heavy atom. The highest BCUT2D eigenvalue weighted by atomic mass is 19.1. The van der Waals surface area contributed by atoms with Crippen molar-refractivity contribution in [2.45, 2.75) is 64.3 Å². The summed E-state index contributed by atoms with van der Waals surface area (Å²) in [4.78, 5) is 11.6. The number of carbonyl (C=O) groups is 1. The Bertz CT molecular complexity index is 279. The number of nitrogens with two attached hydrogens (primary N) is 1. The Hall–Kier alpha value is -0.840. The molecule has 4 nitrogen and oxygen atoms in total. The monoisotopic (exact) mass is 260 g/mol. The smallest absolute Gasteiger partial charge is 0.407 e. The largest absolute Gasteiger partial charge is 0.444 e. The number of halogens is 1. The van der Waals surface area contributed by atoms with E-state index in [1.165, 1.54) is 0 Å². The van der Waals surface area contributed by atoms with Gasteiger partial charge in [-0.05, 0) is 46.0 Å². The average Bonchev–Trinajstić information content (AvgIpc) is 2.25. The molecule has 0 radical (unpaired) electrons. The van der Waals surface area contributed by atoms with Crippen molar-refractivity contribution in [3.8, 4) is 0 Å². The molecule has 3 N–H and O–H groups in total. The van der Waals surface area contributed by atoms with Gasteiger partial charge in [0.25, 0.3) is 0 Å². The zero-order valence-corrected chi connectivity index (χ0v) is 11.5. The minimum absolute atomic E-state index is 0.00315. The summed E-state index contributed by atoms with van der Waals surface area (Å²) in [5, 5.41) is 2.82. The molecule has 0 aliphatic heterocycles. The van der Waals surface area contributed by atoms with Gasteiger partial charge in [-0.25, -0.2) is 9.18 Å². The molecule has 1 aliphatic carbocycles. The summed E-state index contributed by atoms with van der Waals surface area (Å²) in [6.45, 7) is 5.52. The fourth-order valence-electron chi connectivity index (χ4n) is 2.35. The second-order valence-electron chi connectivity index (χ2n) is 6.02. The predicted molar refractivity (Wildman–Crippen MR) is 69.1 cm³/mol. The molecular formula is C13H25FN2O2. The number of alkyl halides is 1. The quantitative estimate of drug-likeness (QED) is 0.818. The van der Waals surface area contributed by atoms with Gasteiger partial charge in [0.15, 0.2) is 0 Å². The van der Waals surface area contributed by atoms with Crippen LogP contribution in [-0.4, -0.2) is 30.5 Å². The molecule has 5 heteroatoms. The van der Waals surface area contributed by atoms with Gasteiger partial charge in [0, 0.05) is 12.6 Å². The van der Waals surface area contributed by atoms with Crippen LogP contribution in [0.3, 0.4) is 0 Å². The van der Waals surface area contributed by atoms with Crippen LogP contribution in [0.1, 0.15) is 46.5 Å². The van der Waals surface area contributed by atoms with Gasteiger partial charge in [0.05, 0.1) is 0 Å². The molecule has 1 aliphatic rings. The Labute approximate surface area is 108 Å². The summed E-state index contributed by atoms with van der Waals surface area (Å²) < 4.78 is 18.7. The number of hydrogen-bond donors (Lipinski definition) is 2. The molecule has 3 atom stereocenters. The van der Waals surface area contributed by atoms with Crippen molar-refractivity contribution in [2.24, 2.45) is 11.7 Å². The Morgan fingerprint density at radius 3 is 2.72 bits per heavy atom. The van der Waals surface area contributed by atoms with Crippen LogP contribution < -0.4 is 11.1 Å². The third-order valence-electron chi connectivity index (χ3n) is 3.17. The lowest BCUT2D eigenvalue weighted by molar-refractivity contribution is 0.0471. The van der Waals surface area contributed by atoms with Crippen molar-refractivity contribution in [3.63, 3.8) is 0 Å². The van der Waals surface area contributed by atoms with E-state index in [0.29, 0.717) is 6.42 Å². The SMILES string of the molecule is CC(C)(C)OC(=O)N[C@@H]1CCCC(C(F)CN)C1.